The first-order valence-electron chi connectivity index (χ1n) is 14.6. The number of benzene rings is 3. The Labute approximate surface area is 262 Å². The second-order valence-corrected chi connectivity index (χ2v) is 13.2. The molecule has 4 aromatic rings. The van der Waals surface area contributed by atoms with Crippen LogP contribution in [0.15, 0.2) is 88.1 Å². The van der Waals surface area contributed by atoms with Crippen LogP contribution in [0.25, 0.3) is 11.3 Å². The summed E-state index contributed by atoms with van der Waals surface area (Å²) in [6.07, 6.45) is 1.59. The Morgan fingerprint density at radius 3 is 2.41 bits per heavy atom. The van der Waals surface area contributed by atoms with Gasteiger partial charge in [0.05, 0.1) is 43.0 Å². The van der Waals surface area contributed by atoms with E-state index in [0.29, 0.717) is 43.9 Å². The van der Waals surface area contributed by atoms with Gasteiger partial charge in [0.1, 0.15) is 0 Å². The molecule has 1 aromatic heterocycles. The molecule has 11 heteroatoms. The third-order valence-corrected chi connectivity index (χ3v) is 10.5. The van der Waals surface area contributed by atoms with E-state index in [9.17, 15) is 13.2 Å². The Hall–Kier alpha value is -3.93. The van der Waals surface area contributed by atoms with Crippen molar-refractivity contribution >= 4 is 33.0 Å². The van der Waals surface area contributed by atoms with Crippen molar-refractivity contribution in [2.24, 2.45) is 10.9 Å². The number of rotatable bonds is 11. The van der Waals surface area contributed by atoms with Crippen molar-refractivity contribution < 1.29 is 27.4 Å². The van der Waals surface area contributed by atoms with Crippen LogP contribution in [0.1, 0.15) is 25.3 Å². The molecule has 1 aliphatic rings. The minimum Gasteiger partial charge on any atom is -0.493 e. The highest BCUT2D eigenvalue weighted by Gasteiger charge is 2.33. The Bertz CT molecular complexity index is 1760. The lowest BCUT2D eigenvalue weighted by Gasteiger charge is -2.30. The van der Waals surface area contributed by atoms with Gasteiger partial charge < -0.3 is 18.8 Å². The second kappa shape index (κ2) is 14.2. The van der Waals surface area contributed by atoms with E-state index >= 15 is 0 Å². The number of methoxy groups -OCH3 is 2. The van der Waals surface area contributed by atoms with Gasteiger partial charge in [0, 0.05) is 30.6 Å². The molecule has 0 saturated carbocycles. The molecular formula is C33H37N3O6S2. The number of carbonyl (C=O) groups excluding carboxylic acids is 1. The van der Waals surface area contributed by atoms with Crippen LogP contribution in [0.4, 0.5) is 5.69 Å². The van der Waals surface area contributed by atoms with E-state index < -0.39 is 10.0 Å². The van der Waals surface area contributed by atoms with Gasteiger partial charge in [-0.1, -0.05) is 36.4 Å². The first kappa shape index (κ1) is 31.5. The number of piperidine rings is 1. The Balaban J connectivity index is 1.45. The van der Waals surface area contributed by atoms with Crippen molar-refractivity contribution in [3.05, 3.63) is 88.5 Å². The fraction of sp³-hybridized carbons (Fsp3) is 0.333. The van der Waals surface area contributed by atoms with Gasteiger partial charge in [0.15, 0.2) is 16.3 Å². The Kier molecular flexibility index (Phi) is 10.2. The van der Waals surface area contributed by atoms with Crippen LogP contribution in [0.2, 0.25) is 0 Å². The predicted octanol–water partition coefficient (Wildman–Crippen LogP) is 5.67. The molecule has 1 saturated heterocycles. The molecule has 0 aliphatic carbocycles. The van der Waals surface area contributed by atoms with Crippen LogP contribution in [-0.4, -0.2) is 57.2 Å². The van der Waals surface area contributed by atoms with Crippen LogP contribution in [0.3, 0.4) is 0 Å². The molecular weight excluding hydrogens is 599 g/mol. The number of hydrogen-bond acceptors (Lipinski definition) is 8. The zero-order valence-electron chi connectivity index (χ0n) is 25.1. The second-order valence-electron chi connectivity index (χ2n) is 10.4. The minimum atomic E-state index is -3.75. The van der Waals surface area contributed by atoms with Crippen LogP contribution in [-0.2, 0) is 32.5 Å². The fourth-order valence-electron chi connectivity index (χ4n) is 5.31. The van der Waals surface area contributed by atoms with Crippen molar-refractivity contribution in [3.63, 3.8) is 0 Å². The molecule has 0 amide bonds. The number of ether oxygens (including phenoxy) is 3. The maximum Gasteiger partial charge on any atom is 0.309 e. The molecule has 2 heterocycles. The van der Waals surface area contributed by atoms with E-state index in [2.05, 4.69) is 4.57 Å². The lowest BCUT2D eigenvalue weighted by Crippen LogP contribution is -2.40. The summed E-state index contributed by atoms with van der Waals surface area (Å²) >= 11 is 1.51. The molecule has 0 radical (unpaired) electrons. The molecule has 1 fully saturated rings. The predicted molar refractivity (Wildman–Crippen MR) is 171 cm³/mol. The van der Waals surface area contributed by atoms with Gasteiger partial charge in [-0.05, 0) is 68.1 Å². The lowest BCUT2D eigenvalue weighted by molar-refractivity contribution is -0.149. The molecule has 44 heavy (non-hydrogen) atoms. The molecule has 0 atom stereocenters. The number of esters is 1. The van der Waals surface area contributed by atoms with Gasteiger partial charge in [-0.15, -0.1) is 11.3 Å². The van der Waals surface area contributed by atoms with Crippen LogP contribution in [0, 0.1) is 5.92 Å². The van der Waals surface area contributed by atoms with Gasteiger partial charge in [-0.3, -0.25) is 4.79 Å². The number of aromatic nitrogens is 1. The highest BCUT2D eigenvalue weighted by atomic mass is 32.2. The molecule has 0 unspecified atom stereocenters. The average molecular weight is 636 g/mol. The topological polar surface area (TPSA) is 99.4 Å². The summed E-state index contributed by atoms with van der Waals surface area (Å²) in [5.74, 6) is 0.815. The molecule has 232 valence electrons. The summed E-state index contributed by atoms with van der Waals surface area (Å²) in [5, 5.41) is 2.02. The van der Waals surface area contributed by atoms with E-state index in [1.165, 1.54) is 15.6 Å². The SMILES string of the molecule is CCOC(=O)C1CCN(S(=O)(=O)c2cccc(-c3csc(=Nc4ccccc4)n3CCc3ccc(OC)c(OC)c3)c2)CC1. The lowest BCUT2D eigenvalue weighted by atomic mass is 9.98. The molecule has 1 aliphatic heterocycles. The number of carbonyl (C=O) groups is 1. The first-order valence-corrected chi connectivity index (χ1v) is 16.9. The number of thiazole rings is 1. The summed E-state index contributed by atoms with van der Waals surface area (Å²) in [7, 11) is -0.520. The maximum atomic E-state index is 13.7. The fourth-order valence-corrected chi connectivity index (χ4v) is 7.78. The van der Waals surface area contributed by atoms with Crippen molar-refractivity contribution in [2.45, 2.75) is 37.6 Å². The zero-order valence-corrected chi connectivity index (χ0v) is 26.8. The van der Waals surface area contributed by atoms with Crippen LogP contribution < -0.4 is 14.3 Å². The van der Waals surface area contributed by atoms with E-state index in [4.69, 9.17) is 19.2 Å². The van der Waals surface area contributed by atoms with Crippen LogP contribution >= 0.6 is 11.3 Å². The molecule has 3 aromatic carbocycles. The van der Waals surface area contributed by atoms with Gasteiger partial charge in [0.2, 0.25) is 10.0 Å². The molecule has 0 spiro atoms. The summed E-state index contributed by atoms with van der Waals surface area (Å²) in [6.45, 7) is 3.26. The third-order valence-electron chi connectivity index (χ3n) is 7.69. The molecule has 5 rings (SSSR count). The summed E-state index contributed by atoms with van der Waals surface area (Å²) in [6, 6.07) is 22.7. The molecule has 0 bridgehead atoms. The van der Waals surface area contributed by atoms with Gasteiger partial charge >= 0.3 is 5.97 Å². The van der Waals surface area contributed by atoms with E-state index in [0.717, 1.165) is 27.3 Å². The Morgan fingerprint density at radius 1 is 0.955 bits per heavy atom. The highest BCUT2D eigenvalue weighted by molar-refractivity contribution is 7.89. The van der Waals surface area contributed by atoms with E-state index in [-0.39, 0.29) is 29.9 Å². The number of nitrogens with zero attached hydrogens (tertiary/aromatic N) is 3. The highest BCUT2D eigenvalue weighted by Crippen LogP contribution is 2.30. The maximum absolute atomic E-state index is 13.7. The normalized spacial score (nSPS) is 14.8. The third kappa shape index (κ3) is 7.06. The first-order chi connectivity index (χ1) is 21.3. The molecule has 0 N–H and O–H groups in total. The quantitative estimate of drug-likeness (QED) is 0.197. The summed E-state index contributed by atoms with van der Waals surface area (Å²) in [5.41, 5.74) is 3.57. The monoisotopic (exact) mass is 635 g/mol. The smallest absolute Gasteiger partial charge is 0.309 e. The van der Waals surface area contributed by atoms with Gasteiger partial charge in [0.25, 0.3) is 0 Å². The van der Waals surface area contributed by atoms with Crippen molar-refractivity contribution in [2.75, 3.05) is 33.9 Å². The number of aryl methyl sites for hydroxylation is 1. The van der Waals surface area contributed by atoms with Crippen molar-refractivity contribution in [3.8, 4) is 22.8 Å². The number of sulfonamides is 1. The van der Waals surface area contributed by atoms with E-state index in [1.807, 2.05) is 60.0 Å². The zero-order chi connectivity index (χ0) is 31.1. The molecule has 9 nitrogen and oxygen atoms in total. The van der Waals surface area contributed by atoms with Gasteiger partial charge in [-0.25, -0.2) is 13.4 Å². The summed E-state index contributed by atoms with van der Waals surface area (Å²) < 4.78 is 47.0. The number of para-hydroxylation sites is 1. The standard InChI is InChI=1S/C33H37N3O6S2/c1-4-42-32(37)25-16-18-35(19-17-25)44(38,39)28-12-8-9-26(22-28)29-23-43-33(34-27-10-6-5-7-11-27)36(29)20-15-24-13-14-30(40-2)31(21-24)41-3/h5-14,21-23,25H,4,15-20H2,1-3H3. The number of hydrogen-bond donors (Lipinski definition) is 0. The summed E-state index contributed by atoms with van der Waals surface area (Å²) in [4.78, 5) is 18.1. The minimum absolute atomic E-state index is 0.226. The average Bonchev–Trinajstić information content (AvgIpc) is 3.46. The van der Waals surface area contributed by atoms with Gasteiger partial charge in [-0.2, -0.15) is 4.31 Å². The van der Waals surface area contributed by atoms with E-state index in [1.54, 1.807) is 39.3 Å². The largest absolute Gasteiger partial charge is 0.493 e. The van der Waals surface area contributed by atoms with Crippen molar-refractivity contribution in [1.29, 1.82) is 0 Å². The van der Waals surface area contributed by atoms with Crippen molar-refractivity contribution in [1.82, 2.24) is 8.87 Å². The Morgan fingerprint density at radius 2 is 1.70 bits per heavy atom. The van der Waals surface area contributed by atoms with Crippen LogP contribution in [0.5, 0.6) is 11.5 Å².